The van der Waals surface area contributed by atoms with E-state index in [-0.39, 0.29) is 14.9 Å². The average Bonchev–Trinajstić information content (AvgIpc) is 2.86. The summed E-state index contributed by atoms with van der Waals surface area (Å²) in [6, 6.07) is 48.0. The van der Waals surface area contributed by atoms with Gasteiger partial charge < -0.3 is 0 Å². The molecule has 2 N–H and O–H groups in total. The molecule has 0 radical (unpaired) electrons. The van der Waals surface area contributed by atoms with Crippen LogP contribution in [0.1, 0.15) is 14.9 Å². The molecule has 168 valence electrons. The lowest BCUT2D eigenvalue weighted by molar-refractivity contribution is 0.562. The summed E-state index contributed by atoms with van der Waals surface area (Å²) < 4.78 is 0. The summed E-state index contributed by atoms with van der Waals surface area (Å²) in [4.78, 5) is 16.7. The molecule has 0 heterocycles. The van der Waals surface area contributed by atoms with E-state index in [1.807, 2.05) is 146 Å². The zero-order valence-electron chi connectivity index (χ0n) is 16.7. The lowest BCUT2D eigenvalue weighted by Crippen LogP contribution is -1.47. The topological polar surface area (TPSA) is 81.8 Å². The Kier molecular flexibility index (Phi) is 41.0. The first-order valence-corrected chi connectivity index (χ1v) is 8.91. The molecule has 0 saturated heterocycles. The van der Waals surface area contributed by atoms with Crippen LogP contribution >= 0.6 is 0 Å². The van der Waals surface area contributed by atoms with Crippen molar-refractivity contribution in [2.45, 2.75) is 14.9 Å². The Morgan fingerprint density at radius 3 is 0.344 bits per heavy atom. The third-order valence-electron chi connectivity index (χ3n) is 2.67. The van der Waals surface area contributed by atoms with E-state index >= 15 is 0 Å². The highest BCUT2D eigenvalue weighted by Crippen LogP contribution is 1.81. The lowest BCUT2D eigenvalue weighted by Gasteiger charge is -1.69. The van der Waals surface area contributed by atoms with Gasteiger partial charge in [0, 0.05) is 0 Å². The van der Waals surface area contributed by atoms with Gasteiger partial charge in [0.2, 0.25) is 12.2 Å². The summed E-state index contributed by atoms with van der Waals surface area (Å²) in [6.45, 7) is 0. The van der Waals surface area contributed by atoms with Crippen LogP contribution in [0.5, 0.6) is 0 Å². The molecule has 0 aliphatic carbocycles. The smallest absolute Gasteiger partial charge is 0.222 e. The van der Waals surface area contributed by atoms with Crippen LogP contribution in [0, 0.1) is 10.8 Å². The van der Waals surface area contributed by atoms with Gasteiger partial charge in [-0.25, -0.2) is 20.4 Å². The molecule has 0 bridgehead atoms. The number of hydrogen-bond acceptors (Lipinski definition) is 4. The summed E-state index contributed by atoms with van der Waals surface area (Å²) >= 11 is 0. The molecule has 0 aliphatic rings. The van der Waals surface area contributed by atoms with Crippen molar-refractivity contribution in [3.8, 4) is 0 Å². The maximum absolute atomic E-state index is 8.35. The van der Waals surface area contributed by atoms with Gasteiger partial charge in [-0.1, -0.05) is 160 Å². The summed E-state index contributed by atoms with van der Waals surface area (Å²) in [5.41, 5.74) is 0. The largest absolute Gasteiger partial charge is 0.231 e. The van der Waals surface area contributed by atoms with E-state index in [4.69, 9.17) is 20.4 Å². The van der Waals surface area contributed by atoms with Crippen LogP contribution in [-0.2, 0) is 9.59 Å². The number of carbonyl (C=O) groups excluding carboxylic acids is 2. The number of benzene rings is 4. The van der Waals surface area contributed by atoms with E-state index < -0.39 is 0 Å². The fourth-order valence-electron chi connectivity index (χ4n) is 1.54. The van der Waals surface area contributed by atoms with Crippen LogP contribution in [0.3, 0.4) is 0 Å². The van der Waals surface area contributed by atoms with E-state index in [9.17, 15) is 0 Å². The minimum absolute atomic E-state index is 0. The average molecular weight is 431 g/mol. The van der Waals surface area contributed by atoms with Gasteiger partial charge >= 0.3 is 0 Å². The van der Waals surface area contributed by atoms with E-state index in [1.165, 1.54) is 0 Å². The van der Waals surface area contributed by atoms with Crippen LogP contribution in [0.2, 0.25) is 0 Å². The molecule has 4 heteroatoms. The maximum atomic E-state index is 8.35. The summed E-state index contributed by atoms with van der Waals surface area (Å²) in [6.07, 6.45) is 1.50. The van der Waals surface area contributed by atoms with Gasteiger partial charge in [0.15, 0.2) is 0 Å². The first-order valence-electron chi connectivity index (χ1n) is 8.91. The van der Waals surface area contributed by atoms with E-state index in [0.29, 0.717) is 0 Å². The van der Waals surface area contributed by atoms with Crippen LogP contribution < -0.4 is 0 Å². The summed E-state index contributed by atoms with van der Waals surface area (Å²) in [5, 5.41) is 10.8. The van der Waals surface area contributed by atoms with Gasteiger partial charge in [-0.05, 0) is 0 Å². The molecule has 4 nitrogen and oxygen atoms in total. The van der Waals surface area contributed by atoms with Crippen molar-refractivity contribution in [3.05, 3.63) is 146 Å². The Balaban J connectivity index is -0.000000149. The SMILES string of the molecule is C.C.N=C=O.N=C=O.c1ccccc1.c1ccccc1.c1ccccc1.c1ccccc1. The molecule has 4 aromatic carbocycles. The van der Waals surface area contributed by atoms with Gasteiger partial charge in [-0.15, -0.1) is 0 Å². The Morgan fingerprint density at radius 1 is 0.281 bits per heavy atom. The molecule has 0 saturated carbocycles. The number of isocyanates is 2. The van der Waals surface area contributed by atoms with E-state index in [1.54, 1.807) is 0 Å². The highest BCUT2D eigenvalue weighted by molar-refractivity contribution is 5.26. The quantitative estimate of drug-likeness (QED) is 0.220. The maximum Gasteiger partial charge on any atom is 0.231 e. The monoisotopic (exact) mass is 430 g/mol. The van der Waals surface area contributed by atoms with Crippen molar-refractivity contribution < 1.29 is 9.59 Å². The van der Waals surface area contributed by atoms with Crippen molar-refractivity contribution in [1.29, 1.82) is 10.8 Å². The second-order valence-electron chi connectivity index (χ2n) is 4.82. The van der Waals surface area contributed by atoms with Crippen molar-refractivity contribution in [1.82, 2.24) is 0 Å². The number of rotatable bonds is 0. The van der Waals surface area contributed by atoms with Gasteiger partial charge in [0.1, 0.15) is 0 Å². The molecule has 0 fully saturated rings. The molecule has 0 spiro atoms. The Morgan fingerprint density at radius 2 is 0.312 bits per heavy atom. The first-order chi connectivity index (χ1) is 14.8. The highest BCUT2D eigenvalue weighted by Gasteiger charge is 1.59. The number of hydrogen-bond donors (Lipinski definition) is 2. The highest BCUT2D eigenvalue weighted by atomic mass is 16.1. The second-order valence-corrected chi connectivity index (χ2v) is 4.82. The predicted octanol–water partition coefficient (Wildman–Crippen LogP) is 7.82. The molecule has 0 atom stereocenters. The zero-order chi connectivity index (χ0) is 22.4. The lowest BCUT2D eigenvalue weighted by atomic mass is 10.4. The van der Waals surface area contributed by atoms with Gasteiger partial charge in [-0.3, -0.25) is 0 Å². The van der Waals surface area contributed by atoms with E-state index in [0.717, 1.165) is 12.2 Å². The Labute approximate surface area is 193 Å². The molecule has 32 heavy (non-hydrogen) atoms. The molecule has 0 aromatic heterocycles. The van der Waals surface area contributed by atoms with Crippen molar-refractivity contribution in [3.63, 3.8) is 0 Å². The normalized spacial score (nSPS) is 6.50. The van der Waals surface area contributed by atoms with Crippen LogP contribution in [0.15, 0.2) is 146 Å². The van der Waals surface area contributed by atoms with Crippen molar-refractivity contribution in [2.75, 3.05) is 0 Å². The predicted molar refractivity (Wildman–Crippen MR) is 136 cm³/mol. The van der Waals surface area contributed by atoms with Gasteiger partial charge in [-0.2, -0.15) is 0 Å². The van der Waals surface area contributed by atoms with Crippen LogP contribution in [-0.4, -0.2) is 12.2 Å². The first kappa shape index (κ1) is 35.1. The molecule has 4 rings (SSSR count). The molecule has 0 aliphatic heterocycles. The number of nitrogens with one attached hydrogen (secondary N) is 2. The minimum atomic E-state index is 0. The molecular weight excluding hydrogens is 396 g/mol. The third-order valence-corrected chi connectivity index (χ3v) is 2.67. The van der Waals surface area contributed by atoms with E-state index in [2.05, 4.69) is 0 Å². The molecular formula is C28H34N2O2. The Hall–Kier alpha value is -4.36. The fraction of sp³-hybridized carbons (Fsp3) is 0.0714. The van der Waals surface area contributed by atoms with Crippen molar-refractivity contribution >= 4 is 12.2 Å². The van der Waals surface area contributed by atoms with Crippen LogP contribution in [0.4, 0.5) is 0 Å². The standard InChI is InChI=1S/4C6H6.2CHNO.2CH4/c4*1-2-4-6-5-3-1;2*2-1-3;;/h4*1-6H;2*2H;2*1H4. The molecule has 0 amide bonds. The molecule has 4 aromatic rings. The summed E-state index contributed by atoms with van der Waals surface area (Å²) in [7, 11) is 0. The molecule has 0 unspecified atom stereocenters. The van der Waals surface area contributed by atoms with Gasteiger partial charge in [0.05, 0.1) is 0 Å². The zero-order valence-corrected chi connectivity index (χ0v) is 16.7. The van der Waals surface area contributed by atoms with Crippen LogP contribution in [0.25, 0.3) is 0 Å². The van der Waals surface area contributed by atoms with Crippen molar-refractivity contribution in [2.24, 2.45) is 0 Å². The Bertz CT molecular complexity index is 584. The minimum Gasteiger partial charge on any atom is -0.222 e. The third kappa shape index (κ3) is 40.4. The summed E-state index contributed by atoms with van der Waals surface area (Å²) in [5.74, 6) is 0. The van der Waals surface area contributed by atoms with Gasteiger partial charge in [0.25, 0.3) is 0 Å². The fourth-order valence-corrected chi connectivity index (χ4v) is 1.54. The second kappa shape index (κ2) is 37.4.